The number of nitrogens with two attached hydrogens (primary N) is 1. The van der Waals surface area contributed by atoms with Gasteiger partial charge in [0.05, 0.1) is 5.69 Å². The Morgan fingerprint density at radius 2 is 2.00 bits per heavy atom. The monoisotopic (exact) mass is 292 g/mol. The lowest BCUT2D eigenvalue weighted by Gasteiger charge is -2.05. The van der Waals surface area contributed by atoms with Gasteiger partial charge in [0.15, 0.2) is 0 Å². The highest BCUT2D eigenvalue weighted by Gasteiger charge is 2.21. The standard InChI is InChI=1S/C8H6F2N4O2S2/c9-4-1-2-5(10)6(3-4)14-18(15,16)8-13-12-7(11)17-8/h1-3,14H,(H2,11,12). The van der Waals surface area contributed by atoms with Crippen molar-refractivity contribution in [2.75, 3.05) is 10.5 Å². The molecule has 0 atom stereocenters. The third-order valence-electron chi connectivity index (χ3n) is 1.82. The fraction of sp³-hybridized carbons (Fsp3) is 0. The van der Waals surface area contributed by atoms with Gasteiger partial charge in [-0.15, -0.1) is 10.2 Å². The van der Waals surface area contributed by atoms with Gasteiger partial charge in [-0.3, -0.25) is 4.72 Å². The zero-order valence-corrected chi connectivity index (χ0v) is 10.2. The van der Waals surface area contributed by atoms with E-state index in [-0.39, 0.29) is 5.13 Å². The summed E-state index contributed by atoms with van der Waals surface area (Å²) in [4.78, 5) is 0. The molecule has 0 saturated carbocycles. The van der Waals surface area contributed by atoms with Gasteiger partial charge in [-0.05, 0) is 12.1 Å². The first kappa shape index (κ1) is 12.6. The van der Waals surface area contributed by atoms with Crippen LogP contribution in [0.25, 0.3) is 0 Å². The van der Waals surface area contributed by atoms with E-state index < -0.39 is 31.7 Å². The summed E-state index contributed by atoms with van der Waals surface area (Å²) in [6.45, 7) is 0. The largest absolute Gasteiger partial charge is 0.374 e. The van der Waals surface area contributed by atoms with Crippen molar-refractivity contribution in [2.24, 2.45) is 0 Å². The molecule has 1 aromatic carbocycles. The summed E-state index contributed by atoms with van der Waals surface area (Å²) in [5, 5.41) is 6.59. The van der Waals surface area contributed by atoms with Crippen molar-refractivity contribution in [1.82, 2.24) is 10.2 Å². The quantitative estimate of drug-likeness (QED) is 0.885. The van der Waals surface area contributed by atoms with Crippen molar-refractivity contribution in [3.05, 3.63) is 29.8 Å². The van der Waals surface area contributed by atoms with E-state index in [4.69, 9.17) is 5.73 Å². The summed E-state index contributed by atoms with van der Waals surface area (Å²) in [6, 6.07) is 2.40. The number of aromatic nitrogens is 2. The van der Waals surface area contributed by atoms with Crippen LogP contribution in [0.2, 0.25) is 0 Å². The molecule has 18 heavy (non-hydrogen) atoms. The molecule has 0 aliphatic heterocycles. The molecule has 0 bridgehead atoms. The molecule has 3 N–H and O–H groups in total. The topological polar surface area (TPSA) is 98.0 Å². The Labute approximate surface area is 105 Å². The van der Waals surface area contributed by atoms with Gasteiger partial charge < -0.3 is 5.73 Å². The second kappa shape index (κ2) is 4.46. The maximum atomic E-state index is 13.3. The first-order chi connectivity index (χ1) is 8.38. The van der Waals surface area contributed by atoms with Crippen LogP contribution in [0.4, 0.5) is 19.6 Å². The summed E-state index contributed by atoms with van der Waals surface area (Å²) < 4.78 is 51.1. The van der Waals surface area contributed by atoms with Crippen LogP contribution >= 0.6 is 11.3 Å². The van der Waals surface area contributed by atoms with E-state index >= 15 is 0 Å². The zero-order valence-electron chi connectivity index (χ0n) is 8.59. The number of hydrogen-bond acceptors (Lipinski definition) is 6. The first-order valence-electron chi connectivity index (χ1n) is 4.45. The number of halogens is 2. The lowest BCUT2D eigenvalue weighted by atomic mass is 10.3. The van der Waals surface area contributed by atoms with Crippen molar-refractivity contribution >= 4 is 32.2 Å². The minimum atomic E-state index is -4.12. The molecule has 0 aliphatic carbocycles. The van der Waals surface area contributed by atoms with E-state index in [1.54, 1.807) is 0 Å². The smallest absolute Gasteiger partial charge is 0.291 e. The highest BCUT2D eigenvalue weighted by molar-refractivity contribution is 7.94. The van der Waals surface area contributed by atoms with Gasteiger partial charge >= 0.3 is 0 Å². The summed E-state index contributed by atoms with van der Waals surface area (Å²) >= 11 is 0.613. The molecule has 10 heteroatoms. The molecule has 1 heterocycles. The van der Waals surface area contributed by atoms with E-state index in [9.17, 15) is 17.2 Å². The van der Waals surface area contributed by atoms with Crippen molar-refractivity contribution < 1.29 is 17.2 Å². The fourth-order valence-electron chi connectivity index (χ4n) is 1.09. The normalized spacial score (nSPS) is 11.4. The summed E-state index contributed by atoms with van der Waals surface area (Å²) in [7, 11) is -4.12. The maximum absolute atomic E-state index is 13.3. The Bertz CT molecular complexity index is 686. The minimum Gasteiger partial charge on any atom is -0.374 e. The number of rotatable bonds is 3. The van der Waals surface area contributed by atoms with Crippen LogP contribution in [-0.2, 0) is 10.0 Å². The zero-order chi connectivity index (χ0) is 13.3. The predicted molar refractivity (Wildman–Crippen MR) is 61.5 cm³/mol. The molecule has 0 amide bonds. The third-order valence-corrected chi connectivity index (χ3v) is 4.31. The lowest BCUT2D eigenvalue weighted by molar-refractivity contribution is 0.593. The molecule has 0 radical (unpaired) electrons. The van der Waals surface area contributed by atoms with Gasteiger partial charge in [0.2, 0.25) is 5.13 Å². The molecular formula is C8H6F2N4O2S2. The number of anilines is 2. The van der Waals surface area contributed by atoms with Crippen LogP contribution in [-0.4, -0.2) is 18.6 Å². The molecular weight excluding hydrogens is 286 g/mol. The van der Waals surface area contributed by atoms with Crippen molar-refractivity contribution in [2.45, 2.75) is 4.34 Å². The molecule has 6 nitrogen and oxygen atoms in total. The number of benzene rings is 1. The second-order valence-corrected chi connectivity index (χ2v) is 6.00. The predicted octanol–water partition coefficient (Wildman–Crippen LogP) is 1.20. The SMILES string of the molecule is Nc1nnc(S(=O)(=O)Nc2cc(F)ccc2F)s1. The van der Waals surface area contributed by atoms with Crippen LogP contribution < -0.4 is 10.5 Å². The Balaban J connectivity index is 2.36. The number of nitrogens with zero attached hydrogens (tertiary/aromatic N) is 2. The van der Waals surface area contributed by atoms with E-state index in [0.717, 1.165) is 18.2 Å². The molecule has 0 spiro atoms. The van der Waals surface area contributed by atoms with Gasteiger partial charge in [-0.1, -0.05) is 11.3 Å². The second-order valence-electron chi connectivity index (χ2n) is 3.14. The number of sulfonamides is 1. The van der Waals surface area contributed by atoms with E-state index in [1.807, 2.05) is 4.72 Å². The molecule has 0 saturated heterocycles. The van der Waals surface area contributed by atoms with E-state index in [0.29, 0.717) is 11.3 Å². The third kappa shape index (κ3) is 2.54. The highest BCUT2D eigenvalue weighted by atomic mass is 32.2. The van der Waals surface area contributed by atoms with Crippen molar-refractivity contribution in [3.63, 3.8) is 0 Å². The summed E-state index contributed by atoms with van der Waals surface area (Å²) in [5.41, 5.74) is 4.73. The van der Waals surface area contributed by atoms with Gasteiger partial charge in [-0.2, -0.15) is 8.42 Å². The highest BCUT2D eigenvalue weighted by Crippen LogP contribution is 2.22. The Morgan fingerprint density at radius 1 is 1.28 bits per heavy atom. The molecule has 0 aliphatic rings. The van der Waals surface area contributed by atoms with Gasteiger partial charge in [0, 0.05) is 6.07 Å². The van der Waals surface area contributed by atoms with Crippen LogP contribution in [0.3, 0.4) is 0 Å². The van der Waals surface area contributed by atoms with Crippen molar-refractivity contribution in [3.8, 4) is 0 Å². The molecule has 2 rings (SSSR count). The lowest BCUT2D eigenvalue weighted by Crippen LogP contribution is -2.14. The molecule has 96 valence electrons. The van der Waals surface area contributed by atoms with Crippen LogP contribution in [0.15, 0.2) is 22.5 Å². The average molecular weight is 292 g/mol. The van der Waals surface area contributed by atoms with Gasteiger partial charge in [0.1, 0.15) is 11.6 Å². The van der Waals surface area contributed by atoms with Crippen LogP contribution in [0.5, 0.6) is 0 Å². The van der Waals surface area contributed by atoms with Gasteiger partial charge in [0.25, 0.3) is 14.4 Å². The average Bonchev–Trinajstić information content (AvgIpc) is 2.71. The molecule has 2 aromatic rings. The Hall–Kier alpha value is -1.81. The van der Waals surface area contributed by atoms with E-state index in [1.165, 1.54) is 0 Å². The number of nitrogen functional groups attached to an aromatic ring is 1. The molecule has 0 fully saturated rings. The molecule has 0 unspecified atom stereocenters. The minimum absolute atomic E-state index is 0.0462. The fourth-order valence-corrected chi connectivity index (χ4v) is 2.94. The van der Waals surface area contributed by atoms with Gasteiger partial charge in [-0.25, -0.2) is 8.78 Å². The van der Waals surface area contributed by atoms with Crippen molar-refractivity contribution in [1.29, 1.82) is 0 Å². The van der Waals surface area contributed by atoms with E-state index in [2.05, 4.69) is 10.2 Å². The molecule has 1 aromatic heterocycles. The number of nitrogens with one attached hydrogen (secondary N) is 1. The Kier molecular flexibility index (Phi) is 3.13. The summed E-state index contributed by atoms with van der Waals surface area (Å²) in [6.07, 6.45) is 0. The Morgan fingerprint density at radius 3 is 2.61 bits per heavy atom. The summed E-state index contributed by atoms with van der Waals surface area (Å²) in [5.74, 6) is -1.68. The number of hydrogen-bond donors (Lipinski definition) is 2. The van der Waals surface area contributed by atoms with Crippen LogP contribution in [0, 0.1) is 11.6 Å². The van der Waals surface area contributed by atoms with Crippen LogP contribution in [0.1, 0.15) is 0 Å². The maximum Gasteiger partial charge on any atom is 0.291 e. The first-order valence-corrected chi connectivity index (χ1v) is 6.75.